The van der Waals surface area contributed by atoms with Crippen molar-refractivity contribution in [2.75, 3.05) is 39.6 Å². The lowest BCUT2D eigenvalue weighted by atomic mass is 9.99. The summed E-state index contributed by atoms with van der Waals surface area (Å²) in [6.07, 6.45) is 61.1. The molecule has 0 saturated heterocycles. The molecule has 3 unspecified atom stereocenters. The summed E-state index contributed by atoms with van der Waals surface area (Å²) in [5, 5.41) is 10.7. The van der Waals surface area contributed by atoms with Crippen LogP contribution >= 0.6 is 15.6 Å². The molecule has 17 nitrogen and oxygen atoms in total. The van der Waals surface area contributed by atoms with Crippen molar-refractivity contribution in [2.24, 2.45) is 23.7 Å². The molecule has 0 spiro atoms. The molecule has 0 aliphatic rings. The minimum atomic E-state index is -4.97. The minimum Gasteiger partial charge on any atom is -0.462 e. The number of unbranched alkanes of at least 4 members (excludes halogenated alkanes) is 46. The minimum absolute atomic E-state index is 0.106. The first kappa shape index (κ1) is 101. The van der Waals surface area contributed by atoms with Gasteiger partial charge in [0.1, 0.15) is 19.3 Å². The highest BCUT2D eigenvalue weighted by Crippen LogP contribution is 2.45. The highest BCUT2D eigenvalue weighted by Gasteiger charge is 2.30. The van der Waals surface area contributed by atoms with Gasteiger partial charge in [-0.05, 0) is 49.4 Å². The number of ether oxygens (including phenoxy) is 4. The highest BCUT2D eigenvalue weighted by molar-refractivity contribution is 7.47. The number of phosphoric ester groups is 2. The molecule has 612 valence electrons. The quantitative estimate of drug-likeness (QED) is 0.0222. The standard InChI is InChI=1S/C84H164O17P2/c1-9-77(8)63-55-47-39-30-24-16-14-12-10-11-13-15-17-26-32-42-50-58-66-83(88)100-79(70-94-81(86)64-56-48-40-31-25-20-18-22-28-36-44-52-60-74(2)3)72-98-102(90,91)96-68-78(85)69-97-103(92,93)99-73-80(71-95-82(87)65-57-49-41-35-34-38-46-54-62-76(6)7)101-84(89)67-59-51-43-33-27-21-19-23-29-37-45-53-61-75(4)5/h74-80,85H,9-73H2,1-8H3,(H,90,91)(H,92,93)/t77?,78-,79-,80-/m1/s1. The molecule has 19 heteroatoms. The maximum atomic E-state index is 13.1. The van der Waals surface area contributed by atoms with E-state index >= 15 is 0 Å². The van der Waals surface area contributed by atoms with Crippen molar-refractivity contribution in [3.05, 3.63) is 0 Å². The van der Waals surface area contributed by atoms with Crippen LogP contribution in [-0.4, -0.2) is 96.7 Å². The van der Waals surface area contributed by atoms with Gasteiger partial charge in [-0.15, -0.1) is 0 Å². The smallest absolute Gasteiger partial charge is 0.462 e. The lowest BCUT2D eigenvalue weighted by Gasteiger charge is -2.21. The van der Waals surface area contributed by atoms with Gasteiger partial charge in [-0.3, -0.25) is 37.3 Å². The lowest BCUT2D eigenvalue weighted by molar-refractivity contribution is -0.161. The molecule has 0 aromatic carbocycles. The molecule has 0 aliphatic heterocycles. The zero-order valence-electron chi connectivity index (χ0n) is 68.0. The second kappa shape index (κ2) is 72.9. The number of esters is 4. The van der Waals surface area contributed by atoms with Gasteiger partial charge < -0.3 is 33.8 Å². The summed E-state index contributed by atoms with van der Waals surface area (Å²) in [6.45, 7) is 14.3. The normalized spacial score (nSPS) is 14.2. The van der Waals surface area contributed by atoms with Gasteiger partial charge in [0.05, 0.1) is 26.4 Å². The van der Waals surface area contributed by atoms with Gasteiger partial charge >= 0.3 is 39.5 Å². The van der Waals surface area contributed by atoms with E-state index in [0.717, 1.165) is 114 Å². The van der Waals surface area contributed by atoms with Crippen LogP contribution in [-0.2, 0) is 65.4 Å². The van der Waals surface area contributed by atoms with E-state index in [1.165, 1.54) is 238 Å². The average molecular weight is 1510 g/mol. The maximum absolute atomic E-state index is 13.1. The fourth-order valence-corrected chi connectivity index (χ4v) is 14.5. The molecule has 0 aromatic rings. The summed E-state index contributed by atoms with van der Waals surface area (Å²) in [5.41, 5.74) is 0. The SMILES string of the molecule is CCC(C)CCCCCCCCCCCCCCCCCCCCC(=O)O[C@H](COC(=O)CCCCCCCCCCCCCCC(C)C)COP(=O)(O)OC[C@@H](O)COP(=O)(O)OC[C@@H](COC(=O)CCCCCCCCCCC(C)C)OC(=O)CCCCCCCCCCCCCCC(C)C. The number of rotatable bonds is 81. The molecule has 0 bridgehead atoms. The molecular formula is C84H164O17P2. The van der Waals surface area contributed by atoms with Crippen molar-refractivity contribution in [1.29, 1.82) is 0 Å². The zero-order valence-corrected chi connectivity index (χ0v) is 69.7. The van der Waals surface area contributed by atoms with Crippen LogP contribution in [0.15, 0.2) is 0 Å². The Bertz CT molecular complexity index is 2010. The number of carbonyl (C=O) groups excluding carboxylic acids is 4. The molecule has 6 atom stereocenters. The van der Waals surface area contributed by atoms with E-state index in [-0.39, 0.29) is 25.7 Å². The van der Waals surface area contributed by atoms with Gasteiger partial charge in [0.25, 0.3) is 0 Å². The third-order valence-electron chi connectivity index (χ3n) is 19.9. The Labute approximate surface area is 632 Å². The van der Waals surface area contributed by atoms with Crippen molar-refractivity contribution in [3.8, 4) is 0 Å². The van der Waals surface area contributed by atoms with Crippen molar-refractivity contribution >= 4 is 39.5 Å². The summed E-state index contributed by atoms with van der Waals surface area (Å²) in [5.74, 6) is 1.05. The number of hydrogen-bond donors (Lipinski definition) is 3. The largest absolute Gasteiger partial charge is 0.472 e. The van der Waals surface area contributed by atoms with Crippen LogP contribution in [0.1, 0.15) is 434 Å². The average Bonchev–Trinajstić information content (AvgIpc) is 0.957. The predicted octanol–water partition coefficient (Wildman–Crippen LogP) is 25.2. The molecule has 0 fully saturated rings. The second-order valence-electron chi connectivity index (χ2n) is 31.9. The van der Waals surface area contributed by atoms with Crippen molar-refractivity contribution < 1.29 is 80.2 Å². The van der Waals surface area contributed by atoms with Crippen molar-refractivity contribution in [2.45, 2.75) is 453 Å². The fraction of sp³-hybridized carbons (Fsp3) is 0.952. The molecule has 0 radical (unpaired) electrons. The molecule has 0 aromatic heterocycles. The lowest BCUT2D eigenvalue weighted by Crippen LogP contribution is -2.30. The molecular weight excluding hydrogens is 1340 g/mol. The van der Waals surface area contributed by atoms with E-state index in [1.54, 1.807) is 0 Å². The van der Waals surface area contributed by atoms with Crippen molar-refractivity contribution in [3.63, 3.8) is 0 Å². The third-order valence-corrected chi connectivity index (χ3v) is 21.8. The predicted molar refractivity (Wildman–Crippen MR) is 423 cm³/mol. The number of aliphatic hydroxyl groups excluding tert-OH is 1. The zero-order chi connectivity index (χ0) is 76.0. The number of hydrogen-bond acceptors (Lipinski definition) is 15. The Morgan fingerprint density at radius 2 is 0.466 bits per heavy atom. The molecule has 103 heavy (non-hydrogen) atoms. The molecule has 0 saturated carbocycles. The van der Waals surface area contributed by atoms with E-state index in [9.17, 15) is 43.2 Å². The fourth-order valence-electron chi connectivity index (χ4n) is 12.9. The number of carbonyl (C=O) groups is 4. The Balaban J connectivity index is 5.23. The molecule has 0 heterocycles. The van der Waals surface area contributed by atoms with Gasteiger partial charge in [0, 0.05) is 25.7 Å². The molecule has 0 amide bonds. The molecule has 0 rings (SSSR count). The van der Waals surface area contributed by atoms with E-state index in [0.29, 0.717) is 25.7 Å². The summed E-state index contributed by atoms with van der Waals surface area (Å²) in [6, 6.07) is 0. The Morgan fingerprint density at radius 1 is 0.272 bits per heavy atom. The molecule has 3 N–H and O–H groups in total. The summed E-state index contributed by atoms with van der Waals surface area (Å²) in [7, 11) is -9.93. The first-order valence-electron chi connectivity index (χ1n) is 43.2. The van der Waals surface area contributed by atoms with Crippen LogP contribution in [0.4, 0.5) is 0 Å². The second-order valence-corrected chi connectivity index (χ2v) is 34.8. The maximum Gasteiger partial charge on any atom is 0.472 e. The monoisotopic (exact) mass is 1510 g/mol. The summed E-state index contributed by atoms with van der Waals surface area (Å²) in [4.78, 5) is 73.1. The summed E-state index contributed by atoms with van der Waals surface area (Å²) < 4.78 is 68.8. The van der Waals surface area contributed by atoms with Crippen molar-refractivity contribution in [1.82, 2.24) is 0 Å². The van der Waals surface area contributed by atoms with Gasteiger partial charge in [-0.2, -0.15) is 0 Å². The number of phosphoric acid groups is 2. The highest BCUT2D eigenvalue weighted by atomic mass is 31.2. The van der Waals surface area contributed by atoms with Gasteiger partial charge in [0.15, 0.2) is 12.2 Å². The van der Waals surface area contributed by atoms with E-state index in [2.05, 4.69) is 55.4 Å². The van der Waals surface area contributed by atoms with Gasteiger partial charge in [-0.1, -0.05) is 383 Å². The van der Waals surface area contributed by atoms with E-state index in [1.807, 2.05) is 0 Å². The first-order valence-corrected chi connectivity index (χ1v) is 46.2. The topological polar surface area (TPSA) is 237 Å². The summed E-state index contributed by atoms with van der Waals surface area (Å²) >= 11 is 0. The van der Waals surface area contributed by atoms with Crippen LogP contribution in [0.2, 0.25) is 0 Å². The Morgan fingerprint density at radius 3 is 0.689 bits per heavy atom. The van der Waals surface area contributed by atoms with Gasteiger partial charge in [-0.25, -0.2) is 9.13 Å². The first-order chi connectivity index (χ1) is 49.6. The van der Waals surface area contributed by atoms with Crippen LogP contribution < -0.4 is 0 Å². The molecule has 0 aliphatic carbocycles. The Kier molecular flexibility index (Phi) is 71.5. The third kappa shape index (κ3) is 76.6. The van der Waals surface area contributed by atoms with Crippen LogP contribution in [0.25, 0.3) is 0 Å². The van der Waals surface area contributed by atoms with E-state index < -0.39 is 97.5 Å². The van der Waals surface area contributed by atoms with E-state index in [4.69, 9.17) is 37.0 Å². The number of aliphatic hydroxyl groups is 1. The van der Waals surface area contributed by atoms with Crippen LogP contribution in [0.3, 0.4) is 0 Å². The van der Waals surface area contributed by atoms with Crippen LogP contribution in [0.5, 0.6) is 0 Å². The van der Waals surface area contributed by atoms with Crippen LogP contribution in [0, 0.1) is 23.7 Å². The van der Waals surface area contributed by atoms with Gasteiger partial charge in [0.2, 0.25) is 0 Å². The Hall–Kier alpha value is -1.94.